The van der Waals surface area contributed by atoms with Gasteiger partial charge in [0.25, 0.3) is 0 Å². The van der Waals surface area contributed by atoms with Crippen LogP contribution in [-0.4, -0.2) is 27.9 Å². The number of ether oxygens (including phenoxy) is 1. The highest BCUT2D eigenvalue weighted by atomic mass is 16.5. The molecule has 1 aliphatic rings. The van der Waals surface area contributed by atoms with Crippen LogP contribution in [0.25, 0.3) is 5.69 Å². The van der Waals surface area contributed by atoms with Gasteiger partial charge in [-0.3, -0.25) is 4.79 Å². The Balaban J connectivity index is 2.04. The molecule has 0 bridgehead atoms. The van der Waals surface area contributed by atoms with Gasteiger partial charge in [-0.25, -0.2) is 4.68 Å². The molecule has 0 spiro atoms. The number of hydrogen-bond acceptors (Lipinski definition) is 4. The van der Waals surface area contributed by atoms with Gasteiger partial charge in [0.15, 0.2) is 11.5 Å². The van der Waals surface area contributed by atoms with Crippen LogP contribution in [0.2, 0.25) is 0 Å². The average Bonchev–Trinajstić information content (AvgIpc) is 2.84. The Morgan fingerprint density at radius 1 is 1.22 bits per heavy atom. The molecule has 0 saturated carbocycles. The number of carbonyl (C=O) groups excluding carboxylic acids is 1. The Bertz CT molecular complexity index is 587. The van der Waals surface area contributed by atoms with Crippen LogP contribution < -0.4 is 4.74 Å². The zero-order valence-corrected chi connectivity index (χ0v) is 10.1. The third kappa shape index (κ3) is 1.68. The van der Waals surface area contributed by atoms with Gasteiger partial charge in [-0.15, -0.1) is 5.10 Å². The lowest BCUT2D eigenvalue weighted by atomic mass is 10.00. The molecule has 3 rings (SSSR count). The molecule has 0 radical (unpaired) electrons. The topological polar surface area (TPSA) is 57.0 Å². The van der Waals surface area contributed by atoms with E-state index in [1.54, 1.807) is 11.8 Å². The Morgan fingerprint density at radius 2 is 2.00 bits per heavy atom. The van der Waals surface area contributed by atoms with Crippen molar-refractivity contribution < 1.29 is 9.53 Å². The molecule has 1 aliphatic carbocycles. The van der Waals surface area contributed by atoms with Crippen molar-refractivity contribution in [2.75, 3.05) is 7.11 Å². The van der Waals surface area contributed by atoms with Crippen molar-refractivity contribution in [3.63, 3.8) is 0 Å². The van der Waals surface area contributed by atoms with Crippen molar-refractivity contribution in [2.24, 2.45) is 0 Å². The molecule has 1 heterocycles. The van der Waals surface area contributed by atoms with E-state index in [9.17, 15) is 4.79 Å². The summed E-state index contributed by atoms with van der Waals surface area (Å²) in [5, 5.41) is 8.07. The number of rotatable bonds is 2. The minimum atomic E-state index is 0.0935. The molecule has 0 amide bonds. The first kappa shape index (κ1) is 11.0. The summed E-state index contributed by atoms with van der Waals surface area (Å²) in [6.07, 6.45) is 2.30. The van der Waals surface area contributed by atoms with Crippen molar-refractivity contribution in [2.45, 2.75) is 19.3 Å². The summed E-state index contributed by atoms with van der Waals surface area (Å²) in [5.74, 6) is 0.889. The first-order chi connectivity index (χ1) is 8.79. The number of nitrogens with zero attached hydrogens (tertiary/aromatic N) is 3. The van der Waals surface area contributed by atoms with E-state index in [1.807, 2.05) is 24.3 Å². The van der Waals surface area contributed by atoms with Crippen LogP contribution in [-0.2, 0) is 6.42 Å². The minimum absolute atomic E-state index is 0.0935. The molecule has 5 heteroatoms. The van der Waals surface area contributed by atoms with E-state index in [0.29, 0.717) is 12.1 Å². The highest BCUT2D eigenvalue weighted by molar-refractivity contribution is 5.96. The predicted octanol–water partition coefficient (Wildman–Crippen LogP) is 1.79. The monoisotopic (exact) mass is 243 g/mol. The molecule has 0 atom stereocenters. The van der Waals surface area contributed by atoms with E-state index in [-0.39, 0.29) is 5.78 Å². The number of aromatic nitrogens is 3. The summed E-state index contributed by atoms with van der Waals surface area (Å²) in [7, 11) is 1.63. The zero-order valence-electron chi connectivity index (χ0n) is 10.1. The fourth-order valence-corrected chi connectivity index (χ4v) is 2.21. The molecule has 0 fully saturated rings. The van der Waals surface area contributed by atoms with Gasteiger partial charge in [0.1, 0.15) is 5.75 Å². The van der Waals surface area contributed by atoms with Crippen LogP contribution >= 0.6 is 0 Å². The lowest BCUT2D eigenvalue weighted by molar-refractivity contribution is 0.0967. The molecule has 0 unspecified atom stereocenters. The third-order valence-electron chi connectivity index (χ3n) is 3.16. The maximum absolute atomic E-state index is 11.7. The van der Waals surface area contributed by atoms with Crippen LogP contribution in [0.3, 0.4) is 0 Å². The van der Waals surface area contributed by atoms with E-state index in [1.165, 1.54) is 0 Å². The van der Waals surface area contributed by atoms with Crippen LogP contribution in [0, 0.1) is 0 Å². The number of fused-ring (bicyclic) bond motifs is 1. The van der Waals surface area contributed by atoms with E-state index in [0.717, 1.165) is 30.0 Å². The normalized spacial score (nSPS) is 14.4. The summed E-state index contributed by atoms with van der Waals surface area (Å²) in [6.45, 7) is 0. The summed E-state index contributed by atoms with van der Waals surface area (Å²) < 4.78 is 6.86. The van der Waals surface area contributed by atoms with Gasteiger partial charge in [-0.05, 0) is 37.1 Å². The summed E-state index contributed by atoms with van der Waals surface area (Å²) >= 11 is 0. The molecule has 2 aromatic rings. The predicted molar refractivity (Wildman–Crippen MR) is 65.2 cm³/mol. The lowest BCUT2D eigenvalue weighted by Gasteiger charge is -2.11. The van der Waals surface area contributed by atoms with Crippen LogP contribution in [0.4, 0.5) is 0 Å². The fraction of sp³-hybridized carbons (Fsp3) is 0.308. The SMILES string of the molecule is COc1ccc(-n2nnc3c2CCCC3=O)cc1. The summed E-state index contributed by atoms with van der Waals surface area (Å²) in [6, 6.07) is 7.56. The van der Waals surface area contributed by atoms with Gasteiger partial charge in [-0.2, -0.15) is 0 Å². The number of benzene rings is 1. The number of ketones is 1. The van der Waals surface area contributed by atoms with Crippen LogP contribution in [0.5, 0.6) is 5.75 Å². The summed E-state index contributed by atoms with van der Waals surface area (Å²) in [5.41, 5.74) is 2.34. The lowest BCUT2D eigenvalue weighted by Crippen LogP contribution is -2.13. The van der Waals surface area contributed by atoms with Gasteiger partial charge in [-0.1, -0.05) is 5.21 Å². The van der Waals surface area contributed by atoms with Crippen LogP contribution in [0.1, 0.15) is 29.0 Å². The van der Waals surface area contributed by atoms with E-state index in [2.05, 4.69) is 10.3 Å². The average molecular weight is 243 g/mol. The second-order valence-corrected chi connectivity index (χ2v) is 4.27. The number of carbonyl (C=O) groups is 1. The zero-order chi connectivity index (χ0) is 12.5. The van der Waals surface area contributed by atoms with Gasteiger partial charge < -0.3 is 4.74 Å². The summed E-state index contributed by atoms with van der Waals surface area (Å²) in [4.78, 5) is 11.7. The molecule has 0 N–H and O–H groups in total. The minimum Gasteiger partial charge on any atom is -0.497 e. The van der Waals surface area contributed by atoms with E-state index < -0.39 is 0 Å². The number of hydrogen-bond donors (Lipinski definition) is 0. The first-order valence-electron chi connectivity index (χ1n) is 5.92. The first-order valence-corrected chi connectivity index (χ1v) is 5.92. The smallest absolute Gasteiger partial charge is 0.185 e. The maximum atomic E-state index is 11.7. The highest BCUT2D eigenvalue weighted by Gasteiger charge is 2.24. The van der Waals surface area contributed by atoms with Gasteiger partial charge >= 0.3 is 0 Å². The number of methoxy groups -OCH3 is 1. The molecule has 0 aliphatic heterocycles. The molecule has 1 aromatic heterocycles. The van der Waals surface area contributed by atoms with E-state index in [4.69, 9.17) is 4.74 Å². The van der Waals surface area contributed by atoms with Crippen molar-refractivity contribution in [1.82, 2.24) is 15.0 Å². The van der Waals surface area contributed by atoms with Gasteiger partial charge in [0, 0.05) is 6.42 Å². The Hall–Kier alpha value is -2.17. The molecule has 18 heavy (non-hydrogen) atoms. The van der Waals surface area contributed by atoms with Crippen molar-refractivity contribution in [3.8, 4) is 11.4 Å². The van der Waals surface area contributed by atoms with Crippen molar-refractivity contribution in [3.05, 3.63) is 35.7 Å². The third-order valence-corrected chi connectivity index (χ3v) is 3.16. The highest BCUT2D eigenvalue weighted by Crippen LogP contribution is 2.22. The largest absolute Gasteiger partial charge is 0.497 e. The number of Topliss-reactive ketones (excluding diaryl/α,β-unsaturated/α-hetero) is 1. The maximum Gasteiger partial charge on any atom is 0.185 e. The second kappa shape index (κ2) is 4.25. The molecular formula is C13H13N3O2. The molecule has 0 saturated heterocycles. The van der Waals surface area contributed by atoms with Gasteiger partial charge in [0.05, 0.1) is 18.5 Å². The van der Waals surface area contributed by atoms with Crippen molar-refractivity contribution in [1.29, 1.82) is 0 Å². The molecule has 1 aromatic carbocycles. The Labute approximate surface area is 104 Å². The standard InChI is InChI=1S/C13H13N3O2/c1-18-10-7-5-9(6-8-10)16-11-3-2-4-12(17)13(11)14-15-16/h5-8H,2-4H2,1H3. The van der Waals surface area contributed by atoms with E-state index >= 15 is 0 Å². The Morgan fingerprint density at radius 3 is 2.72 bits per heavy atom. The quantitative estimate of drug-likeness (QED) is 0.807. The molecular weight excluding hydrogens is 230 g/mol. The van der Waals surface area contributed by atoms with Crippen molar-refractivity contribution >= 4 is 5.78 Å². The Kier molecular flexibility index (Phi) is 2.59. The van der Waals surface area contributed by atoms with Crippen LogP contribution in [0.15, 0.2) is 24.3 Å². The molecule has 5 nitrogen and oxygen atoms in total. The fourth-order valence-electron chi connectivity index (χ4n) is 2.21. The van der Waals surface area contributed by atoms with Gasteiger partial charge in [0.2, 0.25) is 0 Å². The molecule has 92 valence electrons. The second-order valence-electron chi connectivity index (χ2n) is 4.27.